The van der Waals surface area contributed by atoms with Gasteiger partial charge in [0.1, 0.15) is 5.60 Å². The number of hydrogen-bond acceptors (Lipinski definition) is 5. The summed E-state index contributed by atoms with van der Waals surface area (Å²) in [6.45, 7) is 9.22. The second kappa shape index (κ2) is 7.07. The topological polar surface area (TPSA) is 65.1 Å². The Morgan fingerprint density at radius 3 is 2.39 bits per heavy atom. The third-order valence-electron chi connectivity index (χ3n) is 4.37. The van der Waals surface area contributed by atoms with Gasteiger partial charge in [0.15, 0.2) is 0 Å². The van der Waals surface area contributed by atoms with Crippen molar-refractivity contribution in [2.24, 2.45) is 5.92 Å². The first-order chi connectivity index (χ1) is 10.7. The summed E-state index contributed by atoms with van der Waals surface area (Å²) in [5.74, 6) is -1.08. The number of nitrogens with zero attached hydrogens (tertiary/aromatic N) is 1. The number of piperidine rings is 1. The van der Waals surface area contributed by atoms with Crippen molar-refractivity contribution < 1.29 is 23.8 Å². The van der Waals surface area contributed by atoms with E-state index >= 15 is 0 Å². The van der Waals surface area contributed by atoms with E-state index < -0.39 is 11.4 Å². The molecule has 0 saturated carbocycles. The Labute approximate surface area is 138 Å². The number of carbonyl (C=O) groups excluding carboxylic acids is 2. The van der Waals surface area contributed by atoms with E-state index in [0.29, 0.717) is 39.0 Å². The maximum atomic E-state index is 12.4. The van der Waals surface area contributed by atoms with Crippen LogP contribution in [0.3, 0.4) is 0 Å². The summed E-state index contributed by atoms with van der Waals surface area (Å²) in [6, 6.07) is 0. The van der Waals surface area contributed by atoms with Crippen LogP contribution in [0.4, 0.5) is 4.79 Å². The fourth-order valence-corrected chi connectivity index (χ4v) is 2.99. The summed E-state index contributed by atoms with van der Waals surface area (Å²) < 4.78 is 16.7. The van der Waals surface area contributed by atoms with Crippen molar-refractivity contribution in [2.75, 3.05) is 19.7 Å². The molecule has 0 radical (unpaired) electrons. The zero-order chi connectivity index (χ0) is 17.1. The Hall–Kier alpha value is -1.30. The molecule has 6 nitrogen and oxygen atoms in total. The maximum Gasteiger partial charge on any atom is 0.410 e. The first-order valence-corrected chi connectivity index (χ1v) is 8.59. The molecule has 0 spiro atoms. The van der Waals surface area contributed by atoms with Gasteiger partial charge in [0.2, 0.25) is 5.79 Å². The van der Waals surface area contributed by atoms with Crippen molar-refractivity contribution >= 4 is 12.1 Å². The lowest BCUT2D eigenvalue weighted by Crippen LogP contribution is -2.44. The van der Waals surface area contributed by atoms with E-state index in [2.05, 4.69) is 0 Å². The Morgan fingerprint density at radius 1 is 1.26 bits per heavy atom. The fraction of sp³-hybridized carbons (Fsp3) is 0.882. The van der Waals surface area contributed by atoms with Crippen LogP contribution < -0.4 is 0 Å². The first-order valence-electron chi connectivity index (χ1n) is 8.59. The number of likely N-dealkylation sites (tertiary alicyclic amines) is 1. The largest absolute Gasteiger partial charge is 0.444 e. The number of esters is 1. The molecule has 1 amide bonds. The zero-order valence-corrected chi connectivity index (χ0v) is 14.7. The molecule has 2 saturated heterocycles. The SMILES string of the molecule is CCC1(OC(=O)C2CCN(C(=O)OC(C)(C)C)CC2)CCCO1. The highest BCUT2D eigenvalue weighted by atomic mass is 16.7. The first kappa shape index (κ1) is 18.0. The quantitative estimate of drug-likeness (QED) is 0.745. The molecule has 0 N–H and O–H groups in total. The van der Waals surface area contributed by atoms with Gasteiger partial charge in [0, 0.05) is 25.9 Å². The monoisotopic (exact) mass is 327 g/mol. The molecule has 23 heavy (non-hydrogen) atoms. The van der Waals surface area contributed by atoms with E-state index in [4.69, 9.17) is 14.2 Å². The molecule has 0 bridgehead atoms. The summed E-state index contributed by atoms with van der Waals surface area (Å²) in [6.07, 6.45) is 3.28. The second-order valence-corrected chi connectivity index (χ2v) is 7.38. The van der Waals surface area contributed by atoms with Crippen molar-refractivity contribution in [1.29, 1.82) is 0 Å². The standard InChI is InChI=1S/C17H29NO5/c1-5-17(9-6-12-21-17)22-14(19)13-7-10-18(11-8-13)15(20)23-16(2,3)4/h13H,5-12H2,1-4H3. The van der Waals surface area contributed by atoms with Gasteiger partial charge in [0.25, 0.3) is 0 Å². The predicted molar refractivity (Wildman–Crippen MR) is 84.8 cm³/mol. The molecule has 2 heterocycles. The zero-order valence-electron chi connectivity index (χ0n) is 14.7. The maximum absolute atomic E-state index is 12.4. The van der Waals surface area contributed by atoms with E-state index in [-0.39, 0.29) is 18.0 Å². The molecule has 1 atom stereocenters. The molecular formula is C17H29NO5. The summed E-state index contributed by atoms with van der Waals surface area (Å²) in [5.41, 5.74) is -0.500. The molecule has 1 unspecified atom stereocenters. The third kappa shape index (κ3) is 4.83. The molecule has 0 aromatic carbocycles. The van der Waals surface area contributed by atoms with Crippen LogP contribution in [0.15, 0.2) is 0 Å². The van der Waals surface area contributed by atoms with Gasteiger partial charge in [-0.15, -0.1) is 0 Å². The van der Waals surface area contributed by atoms with Crippen molar-refractivity contribution in [3.8, 4) is 0 Å². The second-order valence-electron chi connectivity index (χ2n) is 7.38. The van der Waals surface area contributed by atoms with Crippen molar-refractivity contribution in [3.05, 3.63) is 0 Å². The summed E-state index contributed by atoms with van der Waals surface area (Å²) in [4.78, 5) is 26.1. The lowest BCUT2D eigenvalue weighted by molar-refractivity contribution is -0.219. The molecular weight excluding hydrogens is 298 g/mol. The highest BCUT2D eigenvalue weighted by Gasteiger charge is 2.40. The number of rotatable bonds is 3. The van der Waals surface area contributed by atoms with Crippen LogP contribution in [0.2, 0.25) is 0 Å². The fourth-order valence-electron chi connectivity index (χ4n) is 2.99. The number of hydrogen-bond donors (Lipinski definition) is 0. The molecule has 0 aliphatic carbocycles. The highest BCUT2D eigenvalue weighted by molar-refractivity contribution is 5.74. The van der Waals surface area contributed by atoms with Gasteiger partial charge in [-0.3, -0.25) is 4.79 Å². The molecule has 2 aliphatic heterocycles. The minimum atomic E-state index is -0.723. The van der Waals surface area contributed by atoms with Gasteiger partial charge >= 0.3 is 12.1 Å². The van der Waals surface area contributed by atoms with Crippen molar-refractivity contribution in [2.45, 2.75) is 71.2 Å². The van der Waals surface area contributed by atoms with Gasteiger partial charge in [-0.05, 0) is 40.0 Å². The molecule has 2 aliphatic rings. The minimum Gasteiger partial charge on any atom is -0.444 e. The van der Waals surface area contributed by atoms with E-state index in [1.165, 1.54) is 0 Å². The number of ether oxygens (including phenoxy) is 3. The molecule has 0 aromatic heterocycles. The Kier molecular flexibility index (Phi) is 5.55. The van der Waals surface area contributed by atoms with Crippen LogP contribution in [-0.4, -0.2) is 48.0 Å². The molecule has 2 fully saturated rings. The Morgan fingerprint density at radius 2 is 1.91 bits per heavy atom. The van der Waals surface area contributed by atoms with Crippen LogP contribution in [0.25, 0.3) is 0 Å². The van der Waals surface area contributed by atoms with Crippen molar-refractivity contribution in [1.82, 2.24) is 4.90 Å². The molecule has 6 heteroatoms. The summed E-state index contributed by atoms with van der Waals surface area (Å²) >= 11 is 0. The van der Waals surface area contributed by atoms with E-state index in [1.54, 1.807) is 4.90 Å². The van der Waals surface area contributed by atoms with Gasteiger partial charge in [-0.1, -0.05) is 6.92 Å². The average Bonchev–Trinajstić information content (AvgIpc) is 2.94. The van der Waals surface area contributed by atoms with E-state index in [1.807, 2.05) is 27.7 Å². The van der Waals surface area contributed by atoms with Gasteiger partial charge < -0.3 is 19.1 Å². The van der Waals surface area contributed by atoms with Gasteiger partial charge in [-0.2, -0.15) is 0 Å². The number of carbonyl (C=O) groups is 2. The van der Waals surface area contributed by atoms with Crippen LogP contribution in [0.5, 0.6) is 0 Å². The minimum absolute atomic E-state index is 0.165. The van der Waals surface area contributed by atoms with Crippen LogP contribution in [0, 0.1) is 5.92 Å². The normalized spacial score (nSPS) is 26.2. The highest BCUT2D eigenvalue weighted by Crippen LogP contribution is 2.32. The average molecular weight is 327 g/mol. The van der Waals surface area contributed by atoms with E-state index in [0.717, 1.165) is 12.8 Å². The van der Waals surface area contributed by atoms with Crippen molar-refractivity contribution in [3.63, 3.8) is 0 Å². The summed E-state index contributed by atoms with van der Waals surface area (Å²) in [7, 11) is 0. The lowest BCUT2D eigenvalue weighted by Gasteiger charge is -2.34. The number of amides is 1. The third-order valence-corrected chi connectivity index (χ3v) is 4.37. The molecule has 132 valence electrons. The predicted octanol–water partition coefficient (Wildman–Crippen LogP) is 3.09. The molecule has 0 aromatic rings. The van der Waals surface area contributed by atoms with Gasteiger partial charge in [0.05, 0.1) is 12.5 Å². The Bertz CT molecular complexity index is 429. The van der Waals surface area contributed by atoms with Crippen LogP contribution >= 0.6 is 0 Å². The molecule has 2 rings (SSSR count). The smallest absolute Gasteiger partial charge is 0.410 e. The lowest BCUT2D eigenvalue weighted by atomic mass is 9.97. The van der Waals surface area contributed by atoms with Crippen LogP contribution in [-0.2, 0) is 19.0 Å². The van der Waals surface area contributed by atoms with E-state index in [9.17, 15) is 9.59 Å². The van der Waals surface area contributed by atoms with Crippen LogP contribution in [0.1, 0.15) is 59.8 Å². The van der Waals surface area contributed by atoms with Gasteiger partial charge in [-0.25, -0.2) is 4.79 Å². The Balaban J connectivity index is 1.82. The summed E-state index contributed by atoms with van der Waals surface area (Å²) in [5, 5.41) is 0.